The van der Waals surface area contributed by atoms with Crippen LogP contribution in [0.4, 0.5) is 11.5 Å². The number of methoxy groups -OCH3 is 1. The van der Waals surface area contributed by atoms with Gasteiger partial charge in [0.2, 0.25) is 17.7 Å². The summed E-state index contributed by atoms with van der Waals surface area (Å²) in [6.07, 6.45) is 2.27. The number of benzene rings is 1. The number of nitrogens with one attached hydrogen (secondary N) is 2. The molecule has 0 unspecified atom stereocenters. The fourth-order valence-electron chi connectivity index (χ4n) is 2.92. The van der Waals surface area contributed by atoms with Crippen LogP contribution in [0.1, 0.15) is 45.6 Å². The highest BCUT2D eigenvalue weighted by Crippen LogP contribution is 2.22. The van der Waals surface area contributed by atoms with Gasteiger partial charge in [0.25, 0.3) is 0 Å². The topological polar surface area (TPSA) is 101 Å². The molecule has 172 valence electrons. The van der Waals surface area contributed by atoms with Crippen molar-refractivity contribution in [1.82, 2.24) is 10.3 Å². The number of hydrogen-bond acceptors (Lipinski definition) is 5. The molecule has 8 nitrogen and oxygen atoms in total. The Labute approximate surface area is 189 Å². The largest absolute Gasteiger partial charge is 0.497 e. The highest BCUT2D eigenvalue weighted by molar-refractivity contribution is 6.01. The van der Waals surface area contributed by atoms with E-state index >= 15 is 0 Å². The number of ether oxygens (including phenoxy) is 1. The molecule has 0 fully saturated rings. The second-order valence-electron chi connectivity index (χ2n) is 8.23. The SMILES string of the molecule is CCC(C)(C)NC(=O)CN(C(=O)CCC(=O)Nc1cc(C)ccn1)c1cccc(OC)c1. The zero-order chi connectivity index (χ0) is 23.7. The molecule has 0 bridgehead atoms. The van der Waals surface area contributed by atoms with Gasteiger partial charge in [0.1, 0.15) is 18.1 Å². The predicted molar refractivity (Wildman–Crippen MR) is 125 cm³/mol. The number of pyridine rings is 1. The summed E-state index contributed by atoms with van der Waals surface area (Å²) in [6, 6.07) is 10.5. The van der Waals surface area contributed by atoms with Crippen LogP contribution in [-0.2, 0) is 14.4 Å². The first kappa shape index (κ1) is 24.8. The van der Waals surface area contributed by atoms with Gasteiger partial charge in [0.15, 0.2) is 0 Å². The summed E-state index contributed by atoms with van der Waals surface area (Å²) >= 11 is 0. The zero-order valence-corrected chi connectivity index (χ0v) is 19.4. The van der Waals surface area contributed by atoms with Crippen LogP contribution in [0.2, 0.25) is 0 Å². The maximum atomic E-state index is 13.0. The summed E-state index contributed by atoms with van der Waals surface area (Å²) in [5.41, 5.74) is 1.11. The van der Waals surface area contributed by atoms with Crippen molar-refractivity contribution >= 4 is 29.2 Å². The van der Waals surface area contributed by atoms with Crippen LogP contribution >= 0.6 is 0 Å². The molecule has 0 aliphatic carbocycles. The molecule has 0 spiro atoms. The van der Waals surface area contributed by atoms with Crippen LogP contribution in [0.25, 0.3) is 0 Å². The molecule has 1 heterocycles. The highest BCUT2D eigenvalue weighted by Gasteiger charge is 2.24. The lowest BCUT2D eigenvalue weighted by Gasteiger charge is -2.28. The summed E-state index contributed by atoms with van der Waals surface area (Å²) in [4.78, 5) is 43.5. The number of aryl methyl sites for hydroxylation is 1. The van der Waals surface area contributed by atoms with E-state index in [0.717, 1.165) is 12.0 Å². The Morgan fingerprint density at radius 3 is 2.50 bits per heavy atom. The Balaban J connectivity index is 2.10. The van der Waals surface area contributed by atoms with Crippen LogP contribution in [0.3, 0.4) is 0 Å². The van der Waals surface area contributed by atoms with Gasteiger partial charge in [-0.15, -0.1) is 0 Å². The molecule has 0 aliphatic rings. The molecule has 32 heavy (non-hydrogen) atoms. The second kappa shape index (κ2) is 11.3. The van der Waals surface area contributed by atoms with Gasteiger partial charge in [-0.05, 0) is 57.0 Å². The molecular weight excluding hydrogens is 408 g/mol. The first-order valence-electron chi connectivity index (χ1n) is 10.6. The normalized spacial score (nSPS) is 10.9. The number of hydrogen-bond donors (Lipinski definition) is 2. The van der Waals surface area contributed by atoms with E-state index in [0.29, 0.717) is 17.3 Å². The molecule has 1 aromatic carbocycles. The Kier molecular flexibility index (Phi) is 8.75. The van der Waals surface area contributed by atoms with Crippen molar-refractivity contribution in [2.24, 2.45) is 0 Å². The maximum absolute atomic E-state index is 13.0. The monoisotopic (exact) mass is 440 g/mol. The van der Waals surface area contributed by atoms with Crippen molar-refractivity contribution in [2.45, 2.75) is 52.5 Å². The minimum absolute atomic E-state index is 0.0308. The molecule has 8 heteroatoms. The molecule has 0 saturated heterocycles. The highest BCUT2D eigenvalue weighted by atomic mass is 16.5. The summed E-state index contributed by atoms with van der Waals surface area (Å²) in [7, 11) is 1.53. The van der Waals surface area contributed by atoms with Crippen molar-refractivity contribution < 1.29 is 19.1 Å². The average molecular weight is 441 g/mol. The van der Waals surface area contributed by atoms with E-state index in [2.05, 4.69) is 15.6 Å². The third kappa shape index (κ3) is 7.68. The summed E-state index contributed by atoms with van der Waals surface area (Å²) in [5.74, 6) is 0.0706. The van der Waals surface area contributed by atoms with Crippen molar-refractivity contribution in [2.75, 3.05) is 23.9 Å². The number of nitrogens with zero attached hydrogens (tertiary/aromatic N) is 2. The average Bonchev–Trinajstić information content (AvgIpc) is 2.75. The quantitative estimate of drug-likeness (QED) is 0.589. The smallest absolute Gasteiger partial charge is 0.240 e. The molecule has 0 atom stereocenters. The predicted octanol–water partition coefficient (Wildman–Crippen LogP) is 3.46. The van der Waals surface area contributed by atoms with Crippen LogP contribution in [0.5, 0.6) is 5.75 Å². The van der Waals surface area contributed by atoms with Gasteiger partial charge in [-0.1, -0.05) is 13.0 Å². The van der Waals surface area contributed by atoms with Crippen LogP contribution in [0, 0.1) is 6.92 Å². The molecule has 0 aliphatic heterocycles. The standard InChI is InChI=1S/C24H32N4O4/c1-6-24(3,4)27-22(30)16-28(18-8-7-9-19(15-18)32-5)23(31)11-10-21(29)26-20-14-17(2)12-13-25-20/h7-9,12-15H,6,10-11,16H2,1-5H3,(H,27,30)(H,25,26,29). The molecule has 0 saturated carbocycles. The van der Waals surface area contributed by atoms with Crippen molar-refractivity contribution in [1.29, 1.82) is 0 Å². The third-order valence-electron chi connectivity index (χ3n) is 5.08. The maximum Gasteiger partial charge on any atom is 0.240 e. The number of rotatable bonds is 10. The van der Waals surface area contributed by atoms with Gasteiger partial charge in [-0.25, -0.2) is 4.98 Å². The summed E-state index contributed by atoms with van der Waals surface area (Å²) in [5, 5.41) is 5.64. The van der Waals surface area contributed by atoms with Crippen LogP contribution in [0.15, 0.2) is 42.6 Å². The molecule has 2 rings (SSSR count). The van der Waals surface area contributed by atoms with Crippen LogP contribution < -0.4 is 20.3 Å². The van der Waals surface area contributed by atoms with Gasteiger partial charge >= 0.3 is 0 Å². The van der Waals surface area contributed by atoms with E-state index in [1.54, 1.807) is 36.5 Å². The van der Waals surface area contributed by atoms with Gasteiger partial charge in [-0.3, -0.25) is 14.4 Å². The third-order valence-corrected chi connectivity index (χ3v) is 5.08. The van der Waals surface area contributed by atoms with Gasteiger partial charge in [-0.2, -0.15) is 0 Å². The van der Waals surface area contributed by atoms with Gasteiger partial charge in [0, 0.05) is 36.3 Å². The number of carbonyl (C=O) groups excluding carboxylic acids is 3. The lowest BCUT2D eigenvalue weighted by molar-refractivity contribution is -0.125. The van der Waals surface area contributed by atoms with E-state index in [-0.39, 0.29) is 42.6 Å². The number of amides is 3. The Morgan fingerprint density at radius 2 is 1.84 bits per heavy atom. The second-order valence-corrected chi connectivity index (χ2v) is 8.23. The molecule has 0 radical (unpaired) electrons. The number of aromatic nitrogens is 1. The zero-order valence-electron chi connectivity index (χ0n) is 19.4. The number of carbonyl (C=O) groups is 3. The van der Waals surface area contributed by atoms with E-state index in [1.807, 2.05) is 33.8 Å². The van der Waals surface area contributed by atoms with E-state index in [9.17, 15) is 14.4 Å². The molecule has 2 N–H and O–H groups in total. The Hall–Kier alpha value is -3.42. The minimum atomic E-state index is -0.388. The van der Waals surface area contributed by atoms with Crippen LogP contribution in [-0.4, -0.2) is 41.9 Å². The molecular formula is C24H32N4O4. The molecule has 1 aromatic heterocycles. The lowest BCUT2D eigenvalue weighted by Crippen LogP contribution is -2.48. The van der Waals surface area contributed by atoms with E-state index < -0.39 is 0 Å². The van der Waals surface area contributed by atoms with E-state index in [1.165, 1.54) is 12.0 Å². The minimum Gasteiger partial charge on any atom is -0.497 e. The lowest BCUT2D eigenvalue weighted by atomic mass is 10.0. The molecule has 3 amide bonds. The number of anilines is 2. The van der Waals surface area contributed by atoms with Crippen molar-refractivity contribution in [3.8, 4) is 5.75 Å². The van der Waals surface area contributed by atoms with E-state index in [4.69, 9.17) is 4.74 Å². The van der Waals surface area contributed by atoms with Gasteiger partial charge in [0.05, 0.1) is 7.11 Å². The summed E-state index contributed by atoms with van der Waals surface area (Å²) < 4.78 is 5.25. The van der Waals surface area contributed by atoms with Crippen molar-refractivity contribution in [3.63, 3.8) is 0 Å². The first-order chi connectivity index (χ1) is 15.1. The van der Waals surface area contributed by atoms with Crippen molar-refractivity contribution in [3.05, 3.63) is 48.2 Å². The Morgan fingerprint density at radius 1 is 1.09 bits per heavy atom. The fraction of sp³-hybridized carbons (Fsp3) is 0.417. The fourth-order valence-corrected chi connectivity index (χ4v) is 2.92. The van der Waals surface area contributed by atoms with Gasteiger partial charge < -0.3 is 20.3 Å². The molecule has 2 aromatic rings. The first-order valence-corrected chi connectivity index (χ1v) is 10.6. The Bertz CT molecular complexity index is 959. The summed E-state index contributed by atoms with van der Waals surface area (Å²) in [6.45, 7) is 7.57.